The van der Waals surface area contributed by atoms with Crippen LogP contribution >= 0.6 is 11.3 Å². The van der Waals surface area contributed by atoms with E-state index in [4.69, 9.17) is 4.74 Å². The minimum absolute atomic E-state index is 0.129. The first-order chi connectivity index (χ1) is 14.0. The summed E-state index contributed by atoms with van der Waals surface area (Å²) in [6.07, 6.45) is 1.61. The van der Waals surface area contributed by atoms with Gasteiger partial charge in [-0.2, -0.15) is 5.10 Å². The molecule has 3 heterocycles. The van der Waals surface area contributed by atoms with Crippen LogP contribution in [0, 0.1) is 0 Å². The molecule has 1 aromatic carbocycles. The number of carbonyl (C=O) groups is 2. The number of hydrogen-bond donors (Lipinski definition) is 2. The highest BCUT2D eigenvalue weighted by atomic mass is 32.1. The minimum atomic E-state index is -0.299. The van der Waals surface area contributed by atoms with Gasteiger partial charge in [-0.3, -0.25) is 19.9 Å². The van der Waals surface area contributed by atoms with Crippen molar-refractivity contribution in [1.29, 1.82) is 0 Å². The number of benzene rings is 1. The van der Waals surface area contributed by atoms with E-state index in [2.05, 4.69) is 20.7 Å². The zero-order valence-corrected chi connectivity index (χ0v) is 17.2. The summed E-state index contributed by atoms with van der Waals surface area (Å²) < 4.78 is 4.78. The Kier molecular flexibility index (Phi) is 5.59. The fourth-order valence-electron chi connectivity index (χ4n) is 3.53. The van der Waals surface area contributed by atoms with E-state index in [1.165, 1.54) is 18.4 Å². The Bertz CT molecular complexity index is 940. The number of esters is 1. The lowest BCUT2D eigenvalue weighted by Gasteiger charge is -2.13. The van der Waals surface area contributed by atoms with E-state index in [-0.39, 0.29) is 23.8 Å². The predicted molar refractivity (Wildman–Crippen MR) is 113 cm³/mol. The lowest BCUT2D eigenvalue weighted by atomic mass is 10.0. The Morgan fingerprint density at radius 3 is 2.79 bits per heavy atom. The van der Waals surface area contributed by atoms with Gasteiger partial charge in [-0.1, -0.05) is 0 Å². The molecule has 0 spiro atoms. The summed E-state index contributed by atoms with van der Waals surface area (Å²) in [6.45, 7) is 3.55. The highest BCUT2D eigenvalue weighted by Gasteiger charge is 2.32. The summed E-state index contributed by atoms with van der Waals surface area (Å²) in [5.74, 6) is -0.324. The van der Waals surface area contributed by atoms with Crippen molar-refractivity contribution in [2.75, 3.05) is 30.5 Å². The average molecular weight is 414 g/mol. The Hall–Kier alpha value is -2.78. The number of thiazole rings is 1. The molecule has 0 radical (unpaired) electrons. The van der Waals surface area contributed by atoms with Crippen LogP contribution < -0.4 is 15.6 Å². The van der Waals surface area contributed by atoms with Crippen molar-refractivity contribution in [3.05, 3.63) is 40.9 Å². The summed E-state index contributed by atoms with van der Waals surface area (Å²) in [5.41, 5.74) is 3.53. The van der Waals surface area contributed by atoms with Crippen molar-refractivity contribution in [2.45, 2.75) is 31.7 Å². The van der Waals surface area contributed by atoms with Gasteiger partial charge in [0.2, 0.25) is 0 Å². The maximum absolute atomic E-state index is 12.6. The van der Waals surface area contributed by atoms with E-state index in [0.29, 0.717) is 23.7 Å². The number of carbonyl (C=O) groups excluding carboxylic acids is 2. The predicted octanol–water partition coefficient (Wildman–Crippen LogP) is 2.60. The monoisotopic (exact) mass is 413 g/mol. The molecular weight excluding hydrogens is 390 g/mol. The number of amides is 1. The van der Waals surface area contributed by atoms with Crippen LogP contribution in [0.2, 0.25) is 0 Å². The second kappa shape index (κ2) is 8.30. The summed E-state index contributed by atoms with van der Waals surface area (Å²) in [4.78, 5) is 28.7. The molecule has 1 aromatic heterocycles. The summed E-state index contributed by atoms with van der Waals surface area (Å²) in [6, 6.07) is 7.10. The standard InChI is InChI=1S/C20H23N5O3S/c1-12-7-8-25(24-12)15-5-3-13(4-6-15)18(26)23-20-22-17(11-29-20)14-9-16(21-10-14)19(27)28-2/h3-6,11,14,16,21H,7-10H2,1-2H3,(H,22,23,26). The van der Waals surface area contributed by atoms with Gasteiger partial charge in [0, 0.05) is 42.1 Å². The first kappa shape index (κ1) is 19.5. The molecule has 2 N–H and O–H groups in total. The number of aromatic nitrogens is 1. The normalized spacial score (nSPS) is 21.2. The molecule has 0 aliphatic carbocycles. The van der Waals surface area contributed by atoms with Gasteiger partial charge < -0.3 is 10.1 Å². The van der Waals surface area contributed by atoms with Gasteiger partial charge in [-0.05, 0) is 37.6 Å². The number of hydrogen-bond acceptors (Lipinski definition) is 8. The molecule has 2 atom stereocenters. The SMILES string of the molecule is COC(=O)C1CC(c2csc(NC(=O)c3ccc(N4CCC(C)=N4)cc3)n2)CN1. The minimum Gasteiger partial charge on any atom is -0.468 e. The Morgan fingerprint density at radius 1 is 1.31 bits per heavy atom. The van der Waals surface area contributed by atoms with Gasteiger partial charge in [-0.15, -0.1) is 11.3 Å². The third-order valence-electron chi connectivity index (χ3n) is 5.18. The zero-order valence-electron chi connectivity index (χ0n) is 16.3. The van der Waals surface area contributed by atoms with Gasteiger partial charge in [0.25, 0.3) is 5.91 Å². The van der Waals surface area contributed by atoms with Crippen LogP contribution in [0.4, 0.5) is 10.8 Å². The molecule has 4 rings (SSSR count). The number of ether oxygens (including phenoxy) is 1. The first-order valence-electron chi connectivity index (χ1n) is 9.53. The first-order valence-corrected chi connectivity index (χ1v) is 10.4. The maximum Gasteiger partial charge on any atom is 0.322 e. The fourth-order valence-corrected chi connectivity index (χ4v) is 4.32. The molecule has 8 nitrogen and oxygen atoms in total. The van der Waals surface area contributed by atoms with Gasteiger partial charge in [0.1, 0.15) is 6.04 Å². The molecule has 0 bridgehead atoms. The second-order valence-corrected chi connectivity index (χ2v) is 8.06. The van der Waals surface area contributed by atoms with Crippen LogP contribution in [0.5, 0.6) is 0 Å². The van der Waals surface area contributed by atoms with Gasteiger partial charge >= 0.3 is 5.97 Å². The molecule has 0 saturated carbocycles. The molecule has 2 aliphatic rings. The number of rotatable bonds is 5. The van der Waals surface area contributed by atoms with Crippen LogP contribution in [0.1, 0.15) is 41.7 Å². The molecule has 2 aliphatic heterocycles. The Balaban J connectivity index is 1.36. The quantitative estimate of drug-likeness (QED) is 0.732. The third-order valence-corrected chi connectivity index (χ3v) is 5.96. The highest BCUT2D eigenvalue weighted by molar-refractivity contribution is 7.14. The molecule has 1 saturated heterocycles. The largest absolute Gasteiger partial charge is 0.468 e. The van der Waals surface area contributed by atoms with E-state index in [9.17, 15) is 9.59 Å². The van der Waals surface area contributed by atoms with Gasteiger partial charge in [0.05, 0.1) is 18.5 Å². The summed E-state index contributed by atoms with van der Waals surface area (Å²) >= 11 is 1.39. The summed E-state index contributed by atoms with van der Waals surface area (Å²) in [5, 5.41) is 14.9. The van der Waals surface area contributed by atoms with E-state index in [1.807, 2.05) is 29.4 Å². The van der Waals surface area contributed by atoms with Crippen LogP contribution in [-0.4, -0.2) is 48.8 Å². The summed E-state index contributed by atoms with van der Waals surface area (Å²) in [7, 11) is 1.39. The number of nitrogens with one attached hydrogen (secondary N) is 2. The molecule has 1 fully saturated rings. The third kappa shape index (κ3) is 4.30. The van der Waals surface area contributed by atoms with Gasteiger partial charge in [-0.25, -0.2) is 4.98 Å². The van der Waals surface area contributed by atoms with Crippen molar-refractivity contribution in [2.24, 2.45) is 5.10 Å². The van der Waals surface area contributed by atoms with E-state index >= 15 is 0 Å². The van der Waals surface area contributed by atoms with Crippen molar-refractivity contribution >= 4 is 39.7 Å². The van der Waals surface area contributed by atoms with Crippen molar-refractivity contribution in [3.8, 4) is 0 Å². The topological polar surface area (TPSA) is 95.9 Å². The molecule has 2 unspecified atom stereocenters. The lowest BCUT2D eigenvalue weighted by molar-refractivity contribution is -0.142. The van der Waals surface area contributed by atoms with Crippen molar-refractivity contribution < 1.29 is 14.3 Å². The molecule has 2 aromatic rings. The Labute approximate surface area is 173 Å². The highest BCUT2D eigenvalue weighted by Crippen LogP contribution is 2.29. The molecule has 1 amide bonds. The van der Waals surface area contributed by atoms with E-state index in [1.54, 1.807) is 12.1 Å². The molecule has 29 heavy (non-hydrogen) atoms. The smallest absolute Gasteiger partial charge is 0.322 e. The van der Waals surface area contributed by atoms with Crippen LogP contribution in [0.25, 0.3) is 0 Å². The van der Waals surface area contributed by atoms with Gasteiger partial charge in [0.15, 0.2) is 5.13 Å². The second-order valence-electron chi connectivity index (χ2n) is 7.20. The molecule has 152 valence electrons. The lowest BCUT2D eigenvalue weighted by Crippen LogP contribution is -2.31. The van der Waals surface area contributed by atoms with Crippen LogP contribution in [0.15, 0.2) is 34.7 Å². The Morgan fingerprint density at radius 2 is 2.10 bits per heavy atom. The number of nitrogens with zero attached hydrogens (tertiary/aromatic N) is 3. The number of methoxy groups -OCH3 is 1. The zero-order chi connectivity index (χ0) is 20.4. The van der Waals surface area contributed by atoms with Crippen LogP contribution in [-0.2, 0) is 9.53 Å². The average Bonchev–Trinajstić information content (AvgIpc) is 3.48. The fraction of sp³-hybridized carbons (Fsp3) is 0.400. The molecular formula is C20H23N5O3S. The number of hydrazone groups is 1. The maximum atomic E-state index is 12.6. The van der Waals surface area contributed by atoms with E-state index in [0.717, 1.165) is 30.1 Å². The van der Waals surface area contributed by atoms with E-state index < -0.39 is 0 Å². The van der Waals surface area contributed by atoms with Crippen molar-refractivity contribution in [1.82, 2.24) is 10.3 Å². The molecule has 9 heteroatoms. The van der Waals surface area contributed by atoms with Crippen molar-refractivity contribution in [3.63, 3.8) is 0 Å². The van der Waals surface area contributed by atoms with Crippen LogP contribution in [0.3, 0.4) is 0 Å². The number of anilines is 2.